The molecule has 0 aliphatic heterocycles. The lowest BCUT2D eigenvalue weighted by molar-refractivity contribution is -0.116. The van der Waals surface area contributed by atoms with Gasteiger partial charge in [0.25, 0.3) is 0 Å². The Balaban J connectivity index is 1.57. The third-order valence-corrected chi connectivity index (χ3v) is 4.10. The number of hydrogen-bond donors (Lipinski definition) is 3. The summed E-state index contributed by atoms with van der Waals surface area (Å²) in [6.45, 7) is 2.27. The van der Waals surface area contributed by atoms with Crippen molar-refractivity contribution in [2.24, 2.45) is 0 Å². The van der Waals surface area contributed by atoms with Crippen molar-refractivity contribution in [3.05, 3.63) is 64.7 Å². The van der Waals surface area contributed by atoms with Crippen molar-refractivity contribution in [2.75, 3.05) is 5.32 Å². The maximum atomic E-state index is 12.4. The van der Waals surface area contributed by atoms with Gasteiger partial charge in [0.05, 0.1) is 11.0 Å². The molecule has 0 fully saturated rings. The van der Waals surface area contributed by atoms with Crippen LogP contribution >= 0.6 is 0 Å². The molecule has 2 aromatic heterocycles. The minimum absolute atomic E-state index is 0.118. The average Bonchev–Trinajstić information content (AvgIpc) is 3.07. The molecule has 2 heterocycles. The van der Waals surface area contributed by atoms with Gasteiger partial charge in [0.15, 0.2) is 0 Å². The molecular formula is C18H16N4O2. The van der Waals surface area contributed by atoms with Crippen LogP contribution in [0.15, 0.2) is 53.5 Å². The first-order valence-electron chi connectivity index (χ1n) is 7.66. The molecule has 4 aromatic rings. The molecule has 0 saturated carbocycles. The van der Waals surface area contributed by atoms with Gasteiger partial charge in [-0.25, -0.2) is 4.79 Å². The summed E-state index contributed by atoms with van der Waals surface area (Å²) in [7, 11) is 0. The fraction of sp³-hybridized carbons (Fsp3) is 0.111. The van der Waals surface area contributed by atoms with Gasteiger partial charge in [0.2, 0.25) is 5.91 Å². The number of hydrogen-bond acceptors (Lipinski definition) is 2. The van der Waals surface area contributed by atoms with E-state index in [1.54, 1.807) is 18.2 Å². The normalized spacial score (nSPS) is 11.2. The first-order valence-corrected chi connectivity index (χ1v) is 7.66. The van der Waals surface area contributed by atoms with Crippen molar-refractivity contribution in [1.29, 1.82) is 0 Å². The largest absolute Gasteiger partial charge is 0.338 e. The van der Waals surface area contributed by atoms with Gasteiger partial charge >= 0.3 is 5.69 Å². The van der Waals surface area contributed by atoms with Crippen LogP contribution in [0, 0.1) is 6.92 Å². The summed E-state index contributed by atoms with van der Waals surface area (Å²) in [6, 6.07) is 13.3. The molecule has 3 N–H and O–H groups in total. The molecule has 24 heavy (non-hydrogen) atoms. The Kier molecular flexibility index (Phi) is 3.23. The van der Waals surface area contributed by atoms with Crippen LogP contribution in [0.5, 0.6) is 0 Å². The quantitative estimate of drug-likeness (QED) is 0.542. The zero-order valence-electron chi connectivity index (χ0n) is 13.1. The SMILES string of the molecule is Cc1cn(CC(=O)Nc2ccc3[nH]c(=O)[nH]c3c2)c2ccccc12. The number of para-hydroxylation sites is 1. The number of aromatic amines is 2. The van der Waals surface area contributed by atoms with Crippen LogP contribution in [0.4, 0.5) is 5.69 Å². The minimum Gasteiger partial charge on any atom is -0.338 e. The number of anilines is 1. The van der Waals surface area contributed by atoms with Gasteiger partial charge in [-0.15, -0.1) is 0 Å². The van der Waals surface area contributed by atoms with E-state index >= 15 is 0 Å². The third-order valence-electron chi connectivity index (χ3n) is 4.10. The summed E-state index contributed by atoms with van der Waals surface area (Å²) in [6.07, 6.45) is 1.98. The molecule has 0 aliphatic carbocycles. The highest BCUT2D eigenvalue weighted by molar-refractivity contribution is 5.94. The predicted molar refractivity (Wildman–Crippen MR) is 94.2 cm³/mol. The lowest BCUT2D eigenvalue weighted by atomic mass is 10.2. The number of fused-ring (bicyclic) bond motifs is 2. The van der Waals surface area contributed by atoms with Crippen LogP contribution < -0.4 is 11.0 Å². The van der Waals surface area contributed by atoms with Crippen molar-refractivity contribution < 1.29 is 4.79 Å². The van der Waals surface area contributed by atoms with Crippen molar-refractivity contribution in [1.82, 2.24) is 14.5 Å². The Bertz CT molecular complexity index is 1120. The molecule has 0 spiro atoms. The molecule has 4 rings (SSSR count). The van der Waals surface area contributed by atoms with E-state index in [0.29, 0.717) is 16.7 Å². The number of nitrogens with zero attached hydrogens (tertiary/aromatic N) is 1. The average molecular weight is 320 g/mol. The van der Waals surface area contributed by atoms with Crippen LogP contribution in [0.25, 0.3) is 21.9 Å². The van der Waals surface area contributed by atoms with Crippen molar-refractivity contribution in [3.8, 4) is 0 Å². The van der Waals surface area contributed by atoms with Crippen LogP contribution in [-0.2, 0) is 11.3 Å². The smallest absolute Gasteiger partial charge is 0.323 e. The van der Waals surface area contributed by atoms with Crippen LogP contribution in [-0.4, -0.2) is 20.4 Å². The van der Waals surface area contributed by atoms with Gasteiger partial charge in [-0.05, 0) is 36.8 Å². The molecule has 6 heteroatoms. The Hall–Kier alpha value is -3.28. The van der Waals surface area contributed by atoms with E-state index in [1.807, 2.05) is 35.9 Å². The summed E-state index contributed by atoms with van der Waals surface area (Å²) in [4.78, 5) is 29.0. The van der Waals surface area contributed by atoms with Crippen molar-refractivity contribution >= 4 is 33.5 Å². The molecule has 0 aliphatic rings. The number of amides is 1. The number of aromatic nitrogens is 3. The third kappa shape index (κ3) is 2.48. The second-order valence-corrected chi connectivity index (χ2v) is 5.84. The second kappa shape index (κ2) is 5.42. The fourth-order valence-electron chi connectivity index (χ4n) is 3.03. The number of rotatable bonds is 3. The number of imidazole rings is 1. The molecule has 1 amide bonds. The number of nitrogens with one attached hydrogen (secondary N) is 3. The Morgan fingerprint density at radius 2 is 1.92 bits per heavy atom. The standard InChI is InChI=1S/C18H16N4O2/c1-11-9-22(16-5-3-2-4-13(11)16)10-17(23)19-12-6-7-14-15(8-12)21-18(24)20-14/h2-9H,10H2,1H3,(H,19,23)(H2,20,21,24). The van der Waals surface area contributed by atoms with E-state index in [0.717, 1.165) is 16.5 Å². The molecule has 0 saturated heterocycles. The van der Waals surface area contributed by atoms with E-state index in [4.69, 9.17) is 0 Å². The highest BCUT2D eigenvalue weighted by atomic mass is 16.2. The summed E-state index contributed by atoms with van der Waals surface area (Å²) in [5.74, 6) is -0.118. The first-order chi connectivity index (χ1) is 11.6. The summed E-state index contributed by atoms with van der Waals surface area (Å²) in [5.41, 5.74) is 3.95. The maximum absolute atomic E-state index is 12.4. The van der Waals surface area contributed by atoms with Crippen molar-refractivity contribution in [3.63, 3.8) is 0 Å². The number of H-pyrrole nitrogens is 2. The molecule has 0 bridgehead atoms. The van der Waals surface area contributed by atoms with E-state index in [9.17, 15) is 9.59 Å². The zero-order chi connectivity index (χ0) is 16.7. The Morgan fingerprint density at radius 1 is 1.12 bits per heavy atom. The van der Waals surface area contributed by atoms with Gasteiger partial charge in [0, 0.05) is 22.8 Å². The molecule has 6 nitrogen and oxygen atoms in total. The molecular weight excluding hydrogens is 304 g/mol. The molecule has 0 unspecified atom stereocenters. The van der Waals surface area contributed by atoms with Crippen LogP contribution in [0.2, 0.25) is 0 Å². The molecule has 0 atom stereocenters. The number of carbonyl (C=O) groups excluding carboxylic acids is 1. The molecule has 120 valence electrons. The lowest BCUT2D eigenvalue weighted by Gasteiger charge is -2.07. The van der Waals surface area contributed by atoms with Crippen LogP contribution in [0.3, 0.4) is 0 Å². The fourth-order valence-corrected chi connectivity index (χ4v) is 3.03. The summed E-state index contributed by atoms with van der Waals surface area (Å²) < 4.78 is 1.94. The van der Waals surface area contributed by atoms with Gasteiger partial charge in [-0.3, -0.25) is 4.79 Å². The van der Waals surface area contributed by atoms with E-state index in [-0.39, 0.29) is 18.1 Å². The zero-order valence-corrected chi connectivity index (χ0v) is 13.1. The number of benzene rings is 2. The predicted octanol–water partition coefficient (Wildman–Crippen LogP) is 2.76. The van der Waals surface area contributed by atoms with Crippen LogP contribution in [0.1, 0.15) is 5.56 Å². The highest BCUT2D eigenvalue weighted by Gasteiger charge is 2.09. The summed E-state index contributed by atoms with van der Waals surface area (Å²) >= 11 is 0. The topological polar surface area (TPSA) is 82.7 Å². The van der Waals surface area contributed by atoms with Gasteiger partial charge < -0.3 is 19.9 Å². The molecule has 2 aromatic carbocycles. The second-order valence-electron chi connectivity index (χ2n) is 5.84. The minimum atomic E-state index is -0.261. The number of carbonyl (C=O) groups is 1. The Morgan fingerprint density at radius 3 is 2.79 bits per heavy atom. The lowest BCUT2D eigenvalue weighted by Crippen LogP contribution is -2.18. The maximum Gasteiger partial charge on any atom is 0.323 e. The highest BCUT2D eigenvalue weighted by Crippen LogP contribution is 2.20. The molecule has 0 radical (unpaired) electrons. The monoisotopic (exact) mass is 320 g/mol. The van der Waals surface area contributed by atoms with E-state index < -0.39 is 0 Å². The van der Waals surface area contributed by atoms with E-state index in [1.165, 1.54) is 0 Å². The number of aryl methyl sites for hydroxylation is 1. The Labute approximate surface area is 137 Å². The van der Waals surface area contributed by atoms with Gasteiger partial charge in [-0.1, -0.05) is 18.2 Å². The van der Waals surface area contributed by atoms with Gasteiger partial charge in [-0.2, -0.15) is 0 Å². The summed E-state index contributed by atoms with van der Waals surface area (Å²) in [5, 5.41) is 4.02. The van der Waals surface area contributed by atoms with Gasteiger partial charge in [0.1, 0.15) is 6.54 Å². The van der Waals surface area contributed by atoms with Crippen molar-refractivity contribution in [2.45, 2.75) is 13.5 Å². The first kappa shape index (κ1) is 14.3. The van der Waals surface area contributed by atoms with E-state index in [2.05, 4.69) is 21.4 Å².